The lowest BCUT2D eigenvalue weighted by molar-refractivity contribution is -0.144. The van der Waals surface area contributed by atoms with E-state index >= 15 is 0 Å². The maximum absolute atomic E-state index is 12.5. The van der Waals surface area contributed by atoms with Crippen molar-refractivity contribution in [3.05, 3.63) is 93.8 Å². The summed E-state index contributed by atoms with van der Waals surface area (Å²) in [5.41, 5.74) is 4.16. The number of carbonyl (C=O) groups is 2. The Morgan fingerprint density at radius 2 is 1.81 bits per heavy atom. The Hall–Kier alpha value is -3.38. The molecule has 0 saturated heterocycles. The predicted molar refractivity (Wildman–Crippen MR) is 121 cm³/mol. The van der Waals surface area contributed by atoms with Crippen LogP contribution in [0.5, 0.6) is 0 Å². The van der Waals surface area contributed by atoms with E-state index in [0.717, 1.165) is 22.5 Å². The minimum Gasteiger partial charge on any atom is -0.467 e. The van der Waals surface area contributed by atoms with Gasteiger partial charge in [0.1, 0.15) is 0 Å². The standard InChI is InChI=1S/C24H24ClN3O3/c1-16-20(17(2)28(27-16)15-19-11-7-8-12-21(19)25)13-14-22(29)26-23(24(30)31-3)18-9-5-4-6-10-18/h4-14,23H,15H2,1-3H3,(H,26,29). The van der Waals surface area contributed by atoms with Gasteiger partial charge in [0.15, 0.2) is 6.04 Å². The van der Waals surface area contributed by atoms with Gasteiger partial charge in [0.2, 0.25) is 5.91 Å². The van der Waals surface area contributed by atoms with Crippen LogP contribution in [0.25, 0.3) is 6.08 Å². The third-order valence-corrected chi connectivity index (χ3v) is 5.34. The SMILES string of the molecule is COC(=O)C(NC(=O)C=Cc1c(C)nn(Cc2ccccc2Cl)c1C)c1ccccc1. The molecular formula is C24H24ClN3O3. The molecular weight excluding hydrogens is 414 g/mol. The van der Waals surface area contributed by atoms with Crippen LogP contribution in [0.3, 0.4) is 0 Å². The molecule has 3 rings (SSSR count). The van der Waals surface area contributed by atoms with Crippen molar-refractivity contribution in [2.75, 3.05) is 7.11 Å². The van der Waals surface area contributed by atoms with E-state index in [2.05, 4.69) is 10.4 Å². The minimum atomic E-state index is -0.881. The van der Waals surface area contributed by atoms with Crippen LogP contribution in [0.2, 0.25) is 5.02 Å². The predicted octanol–water partition coefficient (Wildman–Crippen LogP) is 4.25. The second-order valence-electron chi connectivity index (χ2n) is 7.04. The van der Waals surface area contributed by atoms with Crippen molar-refractivity contribution in [1.82, 2.24) is 15.1 Å². The molecule has 0 bridgehead atoms. The summed E-state index contributed by atoms with van der Waals surface area (Å²) in [6.45, 7) is 4.36. The molecule has 160 valence electrons. The number of carbonyl (C=O) groups excluding carboxylic acids is 2. The summed E-state index contributed by atoms with van der Waals surface area (Å²) in [6.07, 6.45) is 3.10. The number of aromatic nitrogens is 2. The van der Waals surface area contributed by atoms with Crippen LogP contribution in [0.15, 0.2) is 60.7 Å². The normalized spacial score (nSPS) is 12.0. The Bertz CT molecular complexity index is 1110. The van der Waals surface area contributed by atoms with Crippen LogP contribution in [0.4, 0.5) is 0 Å². The Labute approximate surface area is 186 Å². The van der Waals surface area contributed by atoms with E-state index in [1.807, 2.05) is 48.9 Å². The largest absolute Gasteiger partial charge is 0.467 e. The summed E-state index contributed by atoms with van der Waals surface area (Å²) >= 11 is 6.27. The molecule has 0 fully saturated rings. The van der Waals surface area contributed by atoms with Crippen molar-refractivity contribution in [2.45, 2.75) is 26.4 Å². The van der Waals surface area contributed by atoms with Crippen LogP contribution in [0.1, 0.15) is 34.1 Å². The number of hydrogen-bond donors (Lipinski definition) is 1. The molecule has 1 aromatic heterocycles. The Morgan fingerprint density at radius 1 is 1.13 bits per heavy atom. The summed E-state index contributed by atoms with van der Waals surface area (Å²) in [5.74, 6) is -0.940. The summed E-state index contributed by atoms with van der Waals surface area (Å²) in [7, 11) is 1.29. The van der Waals surface area contributed by atoms with Gasteiger partial charge in [-0.2, -0.15) is 5.10 Å². The lowest BCUT2D eigenvalue weighted by Gasteiger charge is -2.15. The van der Waals surface area contributed by atoms with Gasteiger partial charge >= 0.3 is 5.97 Å². The summed E-state index contributed by atoms with van der Waals surface area (Å²) in [6, 6.07) is 15.7. The zero-order chi connectivity index (χ0) is 22.4. The lowest BCUT2D eigenvalue weighted by Crippen LogP contribution is -2.33. The first-order valence-electron chi connectivity index (χ1n) is 9.79. The van der Waals surface area contributed by atoms with Gasteiger partial charge in [0.25, 0.3) is 0 Å². The number of nitrogens with one attached hydrogen (secondary N) is 1. The number of rotatable bonds is 7. The first kappa shape index (κ1) is 22.3. The molecule has 0 spiro atoms. The first-order chi connectivity index (χ1) is 14.9. The van der Waals surface area contributed by atoms with Crippen LogP contribution in [-0.4, -0.2) is 28.8 Å². The number of nitrogens with zero attached hydrogens (tertiary/aromatic N) is 2. The molecule has 31 heavy (non-hydrogen) atoms. The Morgan fingerprint density at radius 3 is 2.48 bits per heavy atom. The van der Waals surface area contributed by atoms with E-state index in [1.165, 1.54) is 13.2 Å². The highest BCUT2D eigenvalue weighted by Crippen LogP contribution is 2.20. The number of hydrogen-bond acceptors (Lipinski definition) is 4. The zero-order valence-corrected chi connectivity index (χ0v) is 18.4. The van der Waals surface area contributed by atoms with E-state index in [4.69, 9.17) is 16.3 Å². The molecule has 1 N–H and O–H groups in total. The van der Waals surface area contributed by atoms with Crippen molar-refractivity contribution < 1.29 is 14.3 Å². The van der Waals surface area contributed by atoms with Gasteiger partial charge in [-0.1, -0.05) is 60.1 Å². The molecule has 1 heterocycles. The molecule has 0 saturated carbocycles. The van der Waals surface area contributed by atoms with E-state index in [-0.39, 0.29) is 0 Å². The fourth-order valence-electron chi connectivity index (χ4n) is 3.28. The van der Waals surface area contributed by atoms with E-state index < -0.39 is 17.9 Å². The second kappa shape index (κ2) is 10.1. The number of aryl methyl sites for hydroxylation is 1. The van der Waals surface area contributed by atoms with Gasteiger partial charge in [-0.25, -0.2) is 4.79 Å². The van der Waals surface area contributed by atoms with Gasteiger partial charge in [-0.15, -0.1) is 0 Å². The van der Waals surface area contributed by atoms with Gasteiger partial charge in [0.05, 0.1) is 19.3 Å². The summed E-state index contributed by atoms with van der Waals surface area (Å²) < 4.78 is 6.69. The first-order valence-corrected chi connectivity index (χ1v) is 10.2. The van der Waals surface area contributed by atoms with Crippen LogP contribution < -0.4 is 5.32 Å². The fourth-order valence-corrected chi connectivity index (χ4v) is 3.48. The zero-order valence-electron chi connectivity index (χ0n) is 17.6. The Kier molecular flexibility index (Phi) is 7.26. The quantitative estimate of drug-likeness (QED) is 0.443. The maximum atomic E-state index is 12.5. The molecule has 7 heteroatoms. The van der Waals surface area contributed by atoms with Crippen molar-refractivity contribution in [2.24, 2.45) is 0 Å². The molecule has 0 aliphatic rings. The molecule has 0 aliphatic carbocycles. The van der Waals surface area contributed by atoms with Crippen molar-refractivity contribution in [1.29, 1.82) is 0 Å². The fraction of sp³-hybridized carbons (Fsp3) is 0.208. The Balaban J connectivity index is 1.76. The van der Waals surface area contributed by atoms with Gasteiger partial charge < -0.3 is 10.1 Å². The average molecular weight is 438 g/mol. The van der Waals surface area contributed by atoms with Crippen LogP contribution in [-0.2, 0) is 20.9 Å². The molecule has 6 nitrogen and oxygen atoms in total. The molecule has 0 aliphatic heterocycles. The lowest BCUT2D eigenvalue weighted by atomic mass is 10.1. The third-order valence-electron chi connectivity index (χ3n) is 4.97. The highest BCUT2D eigenvalue weighted by atomic mass is 35.5. The molecule has 3 aromatic rings. The number of methoxy groups -OCH3 is 1. The van der Waals surface area contributed by atoms with Crippen molar-refractivity contribution in [3.63, 3.8) is 0 Å². The summed E-state index contributed by atoms with van der Waals surface area (Å²) in [4.78, 5) is 24.7. The smallest absolute Gasteiger partial charge is 0.333 e. The highest BCUT2D eigenvalue weighted by molar-refractivity contribution is 6.31. The molecule has 1 unspecified atom stereocenters. The van der Waals surface area contributed by atoms with Gasteiger partial charge in [-0.05, 0) is 37.1 Å². The molecule has 1 amide bonds. The number of halogens is 1. The van der Waals surface area contributed by atoms with Crippen LogP contribution >= 0.6 is 11.6 Å². The monoisotopic (exact) mass is 437 g/mol. The molecule has 1 atom stereocenters. The summed E-state index contributed by atoms with van der Waals surface area (Å²) in [5, 5.41) is 7.96. The van der Waals surface area contributed by atoms with Crippen molar-refractivity contribution in [3.8, 4) is 0 Å². The van der Waals surface area contributed by atoms with E-state index in [9.17, 15) is 9.59 Å². The number of amides is 1. The van der Waals surface area contributed by atoms with Crippen molar-refractivity contribution >= 4 is 29.6 Å². The second-order valence-corrected chi connectivity index (χ2v) is 7.45. The van der Waals surface area contributed by atoms with E-state index in [1.54, 1.807) is 30.3 Å². The topological polar surface area (TPSA) is 73.2 Å². The van der Waals surface area contributed by atoms with Gasteiger partial charge in [0, 0.05) is 22.4 Å². The minimum absolute atomic E-state index is 0.406. The third kappa shape index (κ3) is 5.41. The highest BCUT2D eigenvalue weighted by Gasteiger charge is 2.22. The maximum Gasteiger partial charge on any atom is 0.333 e. The number of esters is 1. The number of ether oxygens (including phenoxy) is 1. The average Bonchev–Trinajstić information content (AvgIpc) is 3.04. The molecule has 2 aromatic carbocycles. The number of benzene rings is 2. The van der Waals surface area contributed by atoms with E-state index in [0.29, 0.717) is 17.1 Å². The van der Waals surface area contributed by atoms with Crippen LogP contribution in [0, 0.1) is 13.8 Å². The molecule has 0 radical (unpaired) electrons. The van der Waals surface area contributed by atoms with Gasteiger partial charge in [-0.3, -0.25) is 9.48 Å².